The summed E-state index contributed by atoms with van der Waals surface area (Å²) in [6.07, 6.45) is 3.57. The maximum Gasteiger partial charge on any atom is 0.253 e. The van der Waals surface area contributed by atoms with Crippen molar-refractivity contribution < 1.29 is 4.79 Å². The molecule has 2 unspecified atom stereocenters. The molecule has 2 atom stereocenters. The highest BCUT2D eigenvalue weighted by Crippen LogP contribution is 2.28. The Hall–Kier alpha value is -1.55. The highest BCUT2D eigenvalue weighted by molar-refractivity contribution is 5.99. The van der Waals surface area contributed by atoms with Crippen LogP contribution < -0.4 is 10.6 Å². The van der Waals surface area contributed by atoms with E-state index in [0.717, 1.165) is 29.8 Å². The van der Waals surface area contributed by atoms with Gasteiger partial charge in [0, 0.05) is 31.4 Å². The Balaban J connectivity index is 1.73. The smallest absolute Gasteiger partial charge is 0.253 e. The van der Waals surface area contributed by atoms with E-state index in [1.807, 2.05) is 32.2 Å². The van der Waals surface area contributed by atoms with Crippen LogP contribution in [0.4, 0.5) is 5.69 Å². The van der Waals surface area contributed by atoms with E-state index in [4.69, 9.17) is 0 Å². The lowest BCUT2D eigenvalue weighted by molar-refractivity contribution is 0.0930. The molecule has 4 heteroatoms. The van der Waals surface area contributed by atoms with Crippen molar-refractivity contribution in [3.8, 4) is 0 Å². The quantitative estimate of drug-likeness (QED) is 0.885. The first-order valence-electron chi connectivity index (χ1n) is 7.52. The molecule has 0 radical (unpaired) electrons. The van der Waals surface area contributed by atoms with Crippen LogP contribution in [0.1, 0.15) is 35.2 Å². The van der Waals surface area contributed by atoms with Gasteiger partial charge in [0.15, 0.2) is 0 Å². The van der Waals surface area contributed by atoms with E-state index in [1.165, 1.54) is 19.4 Å². The second-order valence-corrected chi connectivity index (χ2v) is 5.91. The minimum Gasteiger partial charge on any atom is -0.387 e. The van der Waals surface area contributed by atoms with Gasteiger partial charge in [-0.3, -0.25) is 9.69 Å². The maximum atomic E-state index is 12.5. The summed E-state index contributed by atoms with van der Waals surface area (Å²) in [7, 11) is 1.86. The van der Waals surface area contributed by atoms with Gasteiger partial charge in [-0.1, -0.05) is 6.07 Å². The molecule has 1 aromatic rings. The molecule has 0 spiro atoms. The van der Waals surface area contributed by atoms with E-state index in [2.05, 4.69) is 15.5 Å². The van der Waals surface area contributed by atoms with E-state index in [1.54, 1.807) is 0 Å². The lowest BCUT2D eigenvalue weighted by Gasteiger charge is -2.22. The van der Waals surface area contributed by atoms with Crippen LogP contribution in [0.5, 0.6) is 0 Å². The van der Waals surface area contributed by atoms with Gasteiger partial charge >= 0.3 is 0 Å². The number of hydrogen-bond donors (Lipinski definition) is 2. The molecule has 1 aromatic carbocycles. The predicted octanol–water partition coefficient (Wildman–Crippen LogP) is 2.00. The van der Waals surface area contributed by atoms with E-state index in [0.29, 0.717) is 12.1 Å². The van der Waals surface area contributed by atoms with Crippen molar-refractivity contribution in [3.63, 3.8) is 0 Å². The third-order valence-electron chi connectivity index (χ3n) is 4.61. The van der Waals surface area contributed by atoms with Crippen LogP contribution in [0, 0.1) is 6.92 Å². The van der Waals surface area contributed by atoms with Crippen molar-refractivity contribution in [1.82, 2.24) is 10.2 Å². The molecule has 2 fully saturated rings. The molecule has 2 aliphatic heterocycles. The van der Waals surface area contributed by atoms with E-state index in [9.17, 15) is 4.79 Å². The Bertz CT molecular complexity index is 514. The van der Waals surface area contributed by atoms with Gasteiger partial charge in [0.25, 0.3) is 5.91 Å². The fourth-order valence-electron chi connectivity index (χ4n) is 3.56. The monoisotopic (exact) mass is 273 g/mol. The minimum absolute atomic E-state index is 0.0492. The fourth-order valence-corrected chi connectivity index (χ4v) is 3.56. The van der Waals surface area contributed by atoms with Gasteiger partial charge in [-0.15, -0.1) is 0 Å². The van der Waals surface area contributed by atoms with Crippen molar-refractivity contribution in [1.29, 1.82) is 0 Å². The van der Waals surface area contributed by atoms with Crippen LogP contribution in [-0.4, -0.2) is 43.0 Å². The number of carbonyl (C=O) groups excluding carboxylic acids is 1. The number of nitrogens with one attached hydrogen (secondary N) is 2. The van der Waals surface area contributed by atoms with E-state index < -0.39 is 0 Å². The van der Waals surface area contributed by atoms with Crippen molar-refractivity contribution in [3.05, 3.63) is 29.3 Å². The number of nitrogens with zero attached hydrogens (tertiary/aromatic N) is 1. The minimum atomic E-state index is 0.0492. The molecule has 0 aromatic heterocycles. The summed E-state index contributed by atoms with van der Waals surface area (Å²) < 4.78 is 0. The van der Waals surface area contributed by atoms with Gasteiger partial charge in [0.2, 0.25) is 0 Å². The van der Waals surface area contributed by atoms with Crippen LogP contribution >= 0.6 is 0 Å². The van der Waals surface area contributed by atoms with E-state index in [-0.39, 0.29) is 5.91 Å². The summed E-state index contributed by atoms with van der Waals surface area (Å²) in [5.41, 5.74) is 2.81. The summed E-state index contributed by atoms with van der Waals surface area (Å²) in [6.45, 7) is 4.36. The summed E-state index contributed by atoms with van der Waals surface area (Å²) in [6, 6.07) is 6.80. The maximum absolute atomic E-state index is 12.5. The normalized spacial score (nSPS) is 25.5. The molecule has 20 heavy (non-hydrogen) atoms. The van der Waals surface area contributed by atoms with Crippen molar-refractivity contribution in [2.24, 2.45) is 0 Å². The molecule has 2 heterocycles. The number of benzene rings is 1. The lowest BCUT2D eigenvalue weighted by atomic mass is 10.0. The van der Waals surface area contributed by atoms with Gasteiger partial charge in [0.1, 0.15) is 0 Å². The number of fused-ring (bicyclic) bond motifs is 1. The van der Waals surface area contributed by atoms with Crippen LogP contribution in [-0.2, 0) is 0 Å². The highest BCUT2D eigenvalue weighted by atomic mass is 16.1. The number of rotatable bonds is 3. The lowest BCUT2D eigenvalue weighted by Crippen LogP contribution is -2.42. The van der Waals surface area contributed by atoms with Crippen LogP contribution in [0.3, 0.4) is 0 Å². The first kappa shape index (κ1) is 13.4. The second kappa shape index (κ2) is 5.44. The zero-order chi connectivity index (χ0) is 14.1. The Morgan fingerprint density at radius 3 is 2.95 bits per heavy atom. The number of carbonyl (C=O) groups is 1. The van der Waals surface area contributed by atoms with Crippen molar-refractivity contribution in [2.75, 3.05) is 25.5 Å². The largest absolute Gasteiger partial charge is 0.387 e. The molecule has 3 rings (SSSR count). The molecule has 108 valence electrons. The van der Waals surface area contributed by atoms with Crippen LogP contribution in [0.15, 0.2) is 18.2 Å². The van der Waals surface area contributed by atoms with Gasteiger partial charge in [0.05, 0.1) is 5.56 Å². The second-order valence-electron chi connectivity index (χ2n) is 5.91. The molecule has 1 amide bonds. The molecular weight excluding hydrogens is 250 g/mol. The van der Waals surface area contributed by atoms with Gasteiger partial charge < -0.3 is 10.6 Å². The summed E-state index contributed by atoms with van der Waals surface area (Å²) in [5, 5.41) is 6.36. The van der Waals surface area contributed by atoms with E-state index >= 15 is 0 Å². The topological polar surface area (TPSA) is 44.4 Å². The Kier molecular flexibility index (Phi) is 3.66. The van der Waals surface area contributed by atoms with Crippen LogP contribution in [0.25, 0.3) is 0 Å². The molecule has 2 saturated heterocycles. The van der Waals surface area contributed by atoms with Gasteiger partial charge in [-0.2, -0.15) is 0 Å². The standard InChI is InChI=1S/C16H23N3O/c1-11-5-6-12(14(10-11)17-2)16(20)18-13-7-9-19-8-3-4-15(13)19/h5-6,10,13,15,17H,3-4,7-9H2,1-2H3,(H,18,20). The summed E-state index contributed by atoms with van der Waals surface area (Å²) in [5.74, 6) is 0.0492. The Morgan fingerprint density at radius 1 is 1.30 bits per heavy atom. The molecule has 0 saturated carbocycles. The highest BCUT2D eigenvalue weighted by Gasteiger charge is 2.37. The zero-order valence-electron chi connectivity index (χ0n) is 12.3. The third kappa shape index (κ3) is 2.40. The molecule has 0 bridgehead atoms. The zero-order valence-corrected chi connectivity index (χ0v) is 12.3. The molecule has 2 N–H and O–H groups in total. The summed E-state index contributed by atoms with van der Waals surface area (Å²) >= 11 is 0. The first-order valence-corrected chi connectivity index (χ1v) is 7.52. The molecule has 4 nitrogen and oxygen atoms in total. The fraction of sp³-hybridized carbons (Fsp3) is 0.562. The van der Waals surface area contributed by atoms with Crippen molar-refractivity contribution >= 4 is 11.6 Å². The molecular formula is C16H23N3O. The average Bonchev–Trinajstić information content (AvgIpc) is 3.03. The third-order valence-corrected chi connectivity index (χ3v) is 4.61. The summed E-state index contributed by atoms with van der Waals surface area (Å²) in [4.78, 5) is 15.0. The van der Waals surface area contributed by atoms with Gasteiger partial charge in [-0.25, -0.2) is 0 Å². The SMILES string of the molecule is CNc1cc(C)ccc1C(=O)NC1CCN2CCCC12. The number of amides is 1. The predicted molar refractivity (Wildman–Crippen MR) is 81.2 cm³/mol. The average molecular weight is 273 g/mol. The number of aryl methyl sites for hydroxylation is 1. The van der Waals surface area contributed by atoms with Crippen LogP contribution in [0.2, 0.25) is 0 Å². The van der Waals surface area contributed by atoms with Crippen molar-refractivity contribution in [2.45, 2.75) is 38.3 Å². The molecule has 2 aliphatic rings. The Morgan fingerprint density at radius 2 is 2.15 bits per heavy atom. The Labute approximate surface area is 120 Å². The number of anilines is 1. The number of hydrogen-bond acceptors (Lipinski definition) is 3. The molecule has 0 aliphatic carbocycles. The first-order chi connectivity index (χ1) is 9.69. The van der Waals surface area contributed by atoms with Gasteiger partial charge in [-0.05, 0) is 50.4 Å².